The third-order valence-corrected chi connectivity index (χ3v) is 7.00. The molecule has 1 aliphatic rings. The van der Waals surface area contributed by atoms with Gasteiger partial charge in [-0.3, -0.25) is 14.9 Å². The van der Waals surface area contributed by atoms with Gasteiger partial charge in [0.05, 0.1) is 26.8 Å². The zero-order valence-electron chi connectivity index (χ0n) is 20.3. The van der Waals surface area contributed by atoms with E-state index in [4.69, 9.17) is 0 Å². The predicted molar refractivity (Wildman–Crippen MR) is 135 cm³/mol. The normalized spacial score (nSPS) is 16.5. The molecule has 7 nitrogen and oxygen atoms in total. The van der Waals surface area contributed by atoms with Gasteiger partial charge in [0.2, 0.25) is 5.95 Å². The molecule has 1 atom stereocenters. The molecule has 36 heavy (non-hydrogen) atoms. The molecule has 3 aromatic rings. The lowest BCUT2D eigenvalue weighted by atomic mass is 9.93. The number of alkyl halides is 2. The molecule has 1 aromatic carbocycles. The number of anilines is 1. The van der Waals surface area contributed by atoms with Crippen LogP contribution < -0.4 is 5.32 Å². The van der Waals surface area contributed by atoms with Crippen LogP contribution in [0.15, 0.2) is 48.0 Å². The van der Waals surface area contributed by atoms with E-state index in [2.05, 4.69) is 16.4 Å². The van der Waals surface area contributed by atoms with Gasteiger partial charge in [0.15, 0.2) is 0 Å². The summed E-state index contributed by atoms with van der Waals surface area (Å²) in [4.78, 5) is 32.3. The summed E-state index contributed by atoms with van der Waals surface area (Å²) in [5.74, 6) is -0.552. The molecule has 10 heteroatoms. The molecule has 1 unspecified atom stereocenters. The Hall–Kier alpha value is -3.58. The Balaban J connectivity index is 1.62. The van der Waals surface area contributed by atoms with E-state index in [0.717, 1.165) is 29.7 Å². The Bertz CT molecular complexity index is 1360. The number of rotatable bonds is 6. The van der Waals surface area contributed by atoms with Crippen molar-refractivity contribution >= 4 is 40.1 Å². The fourth-order valence-electron chi connectivity index (χ4n) is 4.34. The lowest BCUT2D eigenvalue weighted by Gasteiger charge is -2.26. The number of nitrogens with zero attached hydrogens (tertiary/aromatic N) is 4. The number of hydrogen-bond acceptors (Lipinski definition) is 5. The first-order chi connectivity index (χ1) is 17.1. The summed E-state index contributed by atoms with van der Waals surface area (Å²) in [6.07, 6.45) is 0.586. The molecule has 4 rings (SSSR count). The monoisotopic (exact) mass is 511 g/mol. The maximum absolute atomic E-state index is 13.2. The van der Waals surface area contributed by atoms with E-state index in [-0.39, 0.29) is 38.6 Å². The average Bonchev–Trinajstić information content (AvgIpc) is 3.56. The van der Waals surface area contributed by atoms with Crippen molar-refractivity contribution in [3.8, 4) is 6.07 Å². The standard InChI is InChI=1S/C26H27F2N5O2S/c1-26(2,3)13-16(14-29)24(35)32-12-6-7-17(32)15-33-19-9-5-4-8-18(19)30-25(33)31-23(34)21-11-10-20(36-21)22(27)28/h4-5,8-11,13,17,22H,6-7,12,15H2,1-3H3,(H,30,31,34). The van der Waals surface area contributed by atoms with E-state index in [9.17, 15) is 23.6 Å². The van der Waals surface area contributed by atoms with Crippen LogP contribution in [0.2, 0.25) is 0 Å². The van der Waals surface area contributed by atoms with Crippen molar-refractivity contribution in [3.05, 3.63) is 57.8 Å². The number of aromatic nitrogens is 2. The molecule has 2 amide bonds. The van der Waals surface area contributed by atoms with Crippen molar-refractivity contribution in [2.75, 3.05) is 11.9 Å². The molecule has 0 bridgehead atoms. The number of benzene rings is 1. The van der Waals surface area contributed by atoms with Gasteiger partial charge in [0.1, 0.15) is 11.6 Å². The number of allylic oxidation sites excluding steroid dienone is 1. The number of amides is 2. The number of halogens is 2. The van der Waals surface area contributed by atoms with Gasteiger partial charge in [-0.05, 0) is 42.5 Å². The summed E-state index contributed by atoms with van der Waals surface area (Å²) >= 11 is 0.740. The van der Waals surface area contributed by atoms with Crippen LogP contribution in [0.4, 0.5) is 14.7 Å². The van der Waals surface area contributed by atoms with Crippen molar-refractivity contribution in [1.82, 2.24) is 14.5 Å². The van der Waals surface area contributed by atoms with Gasteiger partial charge < -0.3 is 9.47 Å². The maximum Gasteiger partial charge on any atom is 0.272 e. The first kappa shape index (κ1) is 25.5. The SMILES string of the molecule is CC(C)(C)C=C(C#N)C(=O)N1CCCC1Cn1c(NC(=O)c2ccc(C(F)F)s2)nc2ccccc21. The zero-order valence-corrected chi connectivity index (χ0v) is 21.1. The summed E-state index contributed by atoms with van der Waals surface area (Å²) in [6, 6.07) is 11.9. The van der Waals surface area contributed by atoms with Crippen molar-refractivity contribution in [2.45, 2.75) is 52.6 Å². The fraction of sp³-hybridized carbons (Fsp3) is 0.385. The van der Waals surface area contributed by atoms with Crippen LogP contribution in [0.25, 0.3) is 11.0 Å². The molecule has 0 spiro atoms. The topological polar surface area (TPSA) is 91.0 Å². The zero-order chi connectivity index (χ0) is 26.0. The quantitative estimate of drug-likeness (QED) is 0.336. The van der Waals surface area contributed by atoms with Gasteiger partial charge >= 0.3 is 0 Å². The molecule has 1 N–H and O–H groups in total. The highest BCUT2D eigenvalue weighted by Crippen LogP contribution is 2.30. The number of carbonyl (C=O) groups excluding carboxylic acids is 2. The molecule has 1 fully saturated rings. The number of fused-ring (bicyclic) bond motifs is 1. The molecular formula is C26H27F2N5O2S. The number of nitriles is 1. The maximum atomic E-state index is 13.2. The third-order valence-electron chi connectivity index (χ3n) is 5.91. The second kappa shape index (κ2) is 10.2. The van der Waals surface area contributed by atoms with Gasteiger partial charge in [0, 0.05) is 13.1 Å². The fourth-order valence-corrected chi connectivity index (χ4v) is 5.10. The Morgan fingerprint density at radius 2 is 2.03 bits per heavy atom. The second-order valence-electron chi connectivity index (χ2n) is 9.82. The largest absolute Gasteiger partial charge is 0.333 e. The minimum atomic E-state index is -2.64. The summed E-state index contributed by atoms with van der Waals surface area (Å²) in [5, 5.41) is 12.4. The number of likely N-dealkylation sites (tertiary alicyclic amines) is 1. The van der Waals surface area contributed by atoms with E-state index >= 15 is 0 Å². The number of thiophene rings is 1. The van der Waals surface area contributed by atoms with Crippen LogP contribution in [0.1, 0.15) is 54.6 Å². The third kappa shape index (κ3) is 5.46. The van der Waals surface area contributed by atoms with Crippen LogP contribution >= 0.6 is 11.3 Å². The highest BCUT2D eigenvalue weighted by molar-refractivity contribution is 7.14. The predicted octanol–water partition coefficient (Wildman–Crippen LogP) is 5.77. The van der Waals surface area contributed by atoms with Crippen LogP contribution in [0, 0.1) is 16.7 Å². The summed E-state index contributed by atoms with van der Waals surface area (Å²) in [6.45, 7) is 6.70. The lowest BCUT2D eigenvalue weighted by molar-refractivity contribution is -0.127. The van der Waals surface area contributed by atoms with Gasteiger partial charge in [-0.1, -0.05) is 39.0 Å². The number of carbonyl (C=O) groups is 2. The second-order valence-corrected chi connectivity index (χ2v) is 10.9. The Labute approximate surface area is 212 Å². The minimum absolute atomic E-state index is 0.117. The van der Waals surface area contributed by atoms with E-state index < -0.39 is 12.3 Å². The van der Waals surface area contributed by atoms with Crippen LogP contribution in [0.5, 0.6) is 0 Å². The summed E-state index contributed by atoms with van der Waals surface area (Å²) in [5.41, 5.74) is 1.23. The molecule has 0 saturated carbocycles. The molecule has 1 saturated heterocycles. The average molecular weight is 512 g/mol. The first-order valence-corrected chi connectivity index (χ1v) is 12.5. The van der Waals surface area contributed by atoms with Crippen LogP contribution in [-0.4, -0.2) is 38.9 Å². The number of para-hydroxylation sites is 2. The smallest absolute Gasteiger partial charge is 0.272 e. The Morgan fingerprint density at radius 1 is 1.28 bits per heavy atom. The van der Waals surface area contributed by atoms with Crippen molar-refractivity contribution in [1.29, 1.82) is 5.26 Å². The Morgan fingerprint density at radius 3 is 2.69 bits per heavy atom. The lowest BCUT2D eigenvalue weighted by Crippen LogP contribution is -2.39. The number of imidazole rings is 1. The molecule has 188 valence electrons. The van der Waals surface area contributed by atoms with Crippen molar-refractivity contribution in [2.24, 2.45) is 5.41 Å². The van der Waals surface area contributed by atoms with Crippen LogP contribution in [-0.2, 0) is 11.3 Å². The number of nitrogens with one attached hydrogen (secondary N) is 1. The number of hydrogen-bond donors (Lipinski definition) is 1. The minimum Gasteiger partial charge on any atom is -0.333 e. The van der Waals surface area contributed by atoms with Gasteiger partial charge in [0.25, 0.3) is 18.2 Å². The first-order valence-electron chi connectivity index (χ1n) is 11.7. The molecular weight excluding hydrogens is 484 g/mol. The molecule has 3 heterocycles. The van der Waals surface area contributed by atoms with Crippen molar-refractivity contribution in [3.63, 3.8) is 0 Å². The van der Waals surface area contributed by atoms with E-state index in [0.29, 0.717) is 18.6 Å². The molecule has 0 radical (unpaired) electrons. The van der Waals surface area contributed by atoms with Crippen LogP contribution in [0.3, 0.4) is 0 Å². The molecule has 2 aromatic heterocycles. The molecule has 0 aliphatic carbocycles. The van der Waals surface area contributed by atoms with Gasteiger partial charge in [-0.2, -0.15) is 5.26 Å². The van der Waals surface area contributed by atoms with Gasteiger partial charge in [-0.15, -0.1) is 11.3 Å². The highest BCUT2D eigenvalue weighted by Gasteiger charge is 2.32. The highest BCUT2D eigenvalue weighted by atomic mass is 32.1. The summed E-state index contributed by atoms with van der Waals surface area (Å²) < 4.78 is 27.8. The summed E-state index contributed by atoms with van der Waals surface area (Å²) in [7, 11) is 0. The van der Waals surface area contributed by atoms with E-state index in [1.165, 1.54) is 12.1 Å². The van der Waals surface area contributed by atoms with E-state index in [1.54, 1.807) is 11.0 Å². The van der Waals surface area contributed by atoms with E-state index in [1.807, 2.05) is 49.6 Å². The van der Waals surface area contributed by atoms with Crippen molar-refractivity contribution < 1.29 is 18.4 Å². The Kier molecular flexibility index (Phi) is 7.22. The molecule has 1 aliphatic heterocycles. The van der Waals surface area contributed by atoms with Gasteiger partial charge in [-0.25, -0.2) is 13.8 Å².